The Morgan fingerprint density at radius 1 is 1.47 bits per heavy atom. The third-order valence-electron chi connectivity index (χ3n) is 3.85. The van der Waals surface area contributed by atoms with Crippen molar-refractivity contribution in [1.29, 1.82) is 0 Å². The summed E-state index contributed by atoms with van der Waals surface area (Å²) in [7, 11) is 1.64. The molecule has 3 aliphatic rings. The van der Waals surface area contributed by atoms with Crippen LogP contribution in [0.15, 0.2) is 0 Å². The normalized spacial score (nSPS) is 30.7. The molecule has 1 N–H and O–H groups in total. The number of ether oxygens (including phenoxy) is 1. The maximum atomic E-state index is 11.6. The number of nitrogens with zero attached hydrogens (tertiary/aromatic N) is 2. The number of hydrogen-bond acceptors (Lipinski definition) is 4. The number of hydrogen-bond donors (Lipinski definition) is 1. The van der Waals surface area contributed by atoms with Crippen molar-refractivity contribution in [1.82, 2.24) is 9.96 Å². The van der Waals surface area contributed by atoms with E-state index >= 15 is 0 Å². The van der Waals surface area contributed by atoms with Gasteiger partial charge in [0.15, 0.2) is 0 Å². The van der Waals surface area contributed by atoms with Crippen molar-refractivity contribution in [3.05, 3.63) is 0 Å². The Morgan fingerprint density at radius 2 is 2.12 bits per heavy atom. The topological polar surface area (TPSA) is 70.1 Å². The van der Waals surface area contributed by atoms with Gasteiger partial charge in [-0.1, -0.05) is 0 Å². The number of amides is 2. The lowest BCUT2D eigenvalue weighted by Crippen LogP contribution is -2.59. The first-order chi connectivity index (χ1) is 8.03. The third-order valence-corrected chi connectivity index (χ3v) is 3.85. The van der Waals surface area contributed by atoms with Gasteiger partial charge in [0.1, 0.15) is 0 Å². The first kappa shape index (κ1) is 10.8. The molecule has 0 aromatic carbocycles. The molecule has 3 fully saturated rings. The monoisotopic (exact) mass is 240 g/mol. The molecule has 6 nitrogen and oxygen atoms in total. The summed E-state index contributed by atoms with van der Waals surface area (Å²) < 4.78 is 5.31. The lowest BCUT2D eigenvalue weighted by atomic mass is 10.0. The fourth-order valence-corrected chi connectivity index (χ4v) is 2.42. The molecule has 2 saturated carbocycles. The van der Waals surface area contributed by atoms with Crippen LogP contribution in [0.5, 0.6) is 0 Å². The lowest BCUT2D eigenvalue weighted by Gasteiger charge is -2.41. The van der Waals surface area contributed by atoms with Crippen molar-refractivity contribution in [2.24, 2.45) is 11.3 Å². The lowest BCUT2D eigenvalue weighted by molar-refractivity contribution is -0.226. The number of urea groups is 1. The van der Waals surface area contributed by atoms with Gasteiger partial charge in [-0.25, -0.2) is 4.79 Å². The van der Waals surface area contributed by atoms with Crippen molar-refractivity contribution >= 4 is 12.0 Å². The summed E-state index contributed by atoms with van der Waals surface area (Å²) in [5.41, 5.74) is -0.248. The highest BCUT2D eigenvalue weighted by Gasteiger charge is 2.60. The largest absolute Gasteiger partial charge is 0.438 e. The number of rotatable bonds is 2. The van der Waals surface area contributed by atoms with Gasteiger partial charge in [0.25, 0.3) is 0 Å². The molecule has 0 radical (unpaired) electrons. The molecule has 2 aliphatic carbocycles. The van der Waals surface area contributed by atoms with Crippen LogP contribution >= 0.6 is 0 Å². The molecule has 1 spiro atoms. The molecule has 1 atom stereocenters. The minimum Gasteiger partial charge on any atom is -0.438 e. The summed E-state index contributed by atoms with van der Waals surface area (Å²) in [6.45, 7) is 0.547. The van der Waals surface area contributed by atoms with Gasteiger partial charge in [-0.05, 0) is 25.7 Å². The molecule has 94 valence electrons. The van der Waals surface area contributed by atoms with E-state index in [1.165, 1.54) is 4.90 Å². The summed E-state index contributed by atoms with van der Waals surface area (Å²) >= 11 is 0. The Hall–Kier alpha value is -1.30. The van der Waals surface area contributed by atoms with Crippen molar-refractivity contribution in [2.45, 2.75) is 31.9 Å². The SMILES string of the molecule is CN1CC2(CC2)C(OC(=O)C2CC2)N(O)C1=O. The first-order valence-corrected chi connectivity index (χ1v) is 5.97. The van der Waals surface area contributed by atoms with E-state index in [1.54, 1.807) is 7.05 Å². The maximum Gasteiger partial charge on any atom is 0.346 e. The van der Waals surface area contributed by atoms with Crippen LogP contribution in [0, 0.1) is 11.3 Å². The molecule has 1 heterocycles. The van der Waals surface area contributed by atoms with Crippen LogP contribution in [0.1, 0.15) is 25.7 Å². The highest BCUT2D eigenvalue weighted by Crippen LogP contribution is 2.53. The van der Waals surface area contributed by atoms with Gasteiger partial charge in [-0.2, -0.15) is 5.06 Å². The zero-order valence-corrected chi connectivity index (χ0v) is 9.76. The third kappa shape index (κ3) is 1.67. The standard InChI is InChI=1S/C11H16N2O4/c1-12-6-11(4-5-11)9(13(16)10(12)15)17-8(14)7-2-3-7/h7,9,16H,2-6H2,1H3. The molecule has 1 aliphatic heterocycles. The van der Waals surface area contributed by atoms with E-state index in [4.69, 9.17) is 4.74 Å². The van der Waals surface area contributed by atoms with Crippen LogP contribution in [-0.4, -0.2) is 47.0 Å². The zero-order valence-electron chi connectivity index (χ0n) is 9.76. The van der Waals surface area contributed by atoms with Gasteiger partial charge < -0.3 is 9.64 Å². The highest BCUT2D eigenvalue weighted by atomic mass is 16.6. The molecule has 1 unspecified atom stereocenters. The predicted octanol–water partition coefficient (Wildman–Crippen LogP) is 0.802. The molecule has 17 heavy (non-hydrogen) atoms. The second kappa shape index (κ2) is 3.35. The van der Waals surface area contributed by atoms with E-state index in [0.717, 1.165) is 25.7 Å². The Kier molecular flexibility index (Phi) is 2.13. The van der Waals surface area contributed by atoms with Crippen LogP contribution < -0.4 is 0 Å². The summed E-state index contributed by atoms with van der Waals surface area (Å²) in [5, 5.41) is 10.4. The molecule has 2 amide bonds. The smallest absolute Gasteiger partial charge is 0.346 e. The van der Waals surface area contributed by atoms with Gasteiger partial charge in [-0.3, -0.25) is 10.0 Å². The minimum absolute atomic E-state index is 0.0195. The molecular weight excluding hydrogens is 224 g/mol. The average Bonchev–Trinajstić information content (AvgIpc) is 3.14. The second-order valence-corrected chi connectivity index (χ2v) is 5.41. The van der Waals surface area contributed by atoms with Crippen LogP contribution in [0.4, 0.5) is 4.79 Å². The summed E-state index contributed by atoms with van der Waals surface area (Å²) in [4.78, 5) is 24.7. The van der Waals surface area contributed by atoms with E-state index in [-0.39, 0.29) is 17.3 Å². The molecule has 0 aromatic rings. The first-order valence-electron chi connectivity index (χ1n) is 5.97. The van der Waals surface area contributed by atoms with Gasteiger partial charge in [-0.15, -0.1) is 0 Å². The predicted molar refractivity (Wildman–Crippen MR) is 55.9 cm³/mol. The van der Waals surface area contributed by atoms with Crippen molar-refractivity contribution in [3.8, 4) is 0 Å². The number of hydroxylamine groups is 2. The Labute approximate surface area is 99.1 Å². The quantitative estimate of drug-likeness (QED) is 0.572. The van der Waals surface area contributed by atoms with E-state index in [1.807, 2.05) is 0 Å². The van der Waals surface area contributed by atoms with Gasteiger partial charge in [0.2, 0.25) is 6.23 Å². The molecule has 1 saturated heterocycles. The van der Waals surface area contributed by atoms with E-state index < -0.39 is 12.3 Å². The molecule has 0 bridgehead atoms. The van der Waals surface area contributed by atoms with Crippen molar-refractivity contribution in [3.63, 3.8) is 0 Å². The second-order valence-electron chi connectivity index (χ2n) is 5.41. The summed E-state index contributed by atoms with van der Waals surface area (Å²) in [6, 6.07) is -0.504. The van der Waals surface area contributed by atoms with Gasteiger partial charge >= 0.3 is 12.0 Å². The average molecular weight is 240 g/mol. The van der Waals surface area contributed by atoms with Crippen LogP contribution in [0.3, 0.4) is 0 Å². The minimum atomic E-state index is -0.792. The highest BCUT2D eigenvalue weighted by molar-refractivity contribution is 5.77. The fraction of sp³-hybridized carbons (Fsp3) is 0.818. The van der Waals surface area contributed by atoms with Crippen molar-refractivity contribution in [2.75, 3.05) is 13.6 Å². The van der Waals surface area contributed by atoms with Crippen molar-refractivity contribution < 1.29 is 19.5 Å². The van der Waals surface area contributed by atoms with Crippen LogP contribution in [0.2, 0.25) is 0 Å². The molecule has 0 aromatic heterocycles. The zero-order chi connectivity index (χ0) is 12.2. The van der Waals surface area contributed by atoms with E-state index in [2.05, 4.69) is 0 Å². The summed E-state index contributed by atoms with van der Waals surface area (Å²) in [6.07, 6.45) is 2.68. The molecule has 3 rings (SSSR count). The Balaban J connectivity index is 1.75. The number of carbonyl (C=O) groups is 2. The summed E-state index contributed by atoms with van der Waals surface area (Å²) in [5.74, 6) is -0.299. The maximum absolute atomic E-state index is 11.6. The molecule has 6 heteroatoms. The number of esters is 1. The van der Waals surface area contributed by atoms with Gasteiger partial charge in [0.05, 0.1) is 5.92 Å². The van der Waals surface area contributed by atoms with Crippen LogP contribution in [-0.2, 0) is 9.53 Å². The van der Waals surface area contributed by atoms with Gasteiger partial charge in [0, 0.05) is 19.0 Å². The van der Waals surface area contributed by atoms with E-state index in [0.29, 0.717) is 11.6 Å². The van der Waals surface area contributed by atoms with Crippen LogP contribution in [0.25, 0.3) is 0 Å². The fourth-order valence-electron chi connectivity index (χ4n) is 2.42. The van der Waals surface area contributed by atoms with E-state index in [9.17, 15) is 14.8 Å². The molecular formula is C11H16N2O4. The Bertz CT molecular complexity index is 376. The Morgan fingerprint density at radius 3 is 2.65 bits per heavy atom. The number of carbonyl (C=O) groups excluding carboxylic acids is 2.